The van der Waals surface area contributed by atoms with Crippen molar-refractivity contribution in [1.82, 2.24) is 9.97 Å². The fourth-order valence-electron chi connectivity index (χ4n) is 0.816. The van der Waals surface area contributed by atoms with Crippen LogP contribution in [0.3, 0.4) is 0 Å². The molecule has 1 heterocycles. The van der Waals surface area contributed by atoms with Gasteiger partial charge in [-0.2, -0.15) is 0 Å². The lowest BCUT2D eigenvalue weighted by molar-refractivity contribution is 1.11. The largest absolute Gasteiger partial charge is 0.359 e. The first-order valence-corrected chi connectivity index (χ1v) is 4.24. The molecule has 0 atom stereocenters. The Hall–Kier alpha value is -1.27. The number of aromatic nitrogens is 2. The second-order valence-electron chi connectivity index (χ2n) is 2.45. The Labute approximate surface area is 82.5 Å². The maximum Gasteiger partial charge on any atom is 0.224 e. The second kappa shape index (κ2) is 4.68. The van der Waals surface area contributed by atoms with Crippen LogP contribution < -0.4 is 5.32 Å². The van der Waals surface area contributed by atoms with Gasteiger partial charge in [0.15, 0.2) is 0 Å². The number of hydrogen-bond donors (Lipinski definition) is 1. The summed E-state index contributed by atoms with van der Waals surface area (Å²) in [5.41, 5.74) is 0.960. The van der Waals surface area contributed by atoms with Gasteiger partial charge < -0.3 is 5.32 Å². The van der Waals surface area contributed by atoms with Crippen LogP contribution in [0.4, 0.5) is 5.82 Å². The van der Waals surface area contributed by atoms with E-state index in [9.17, 15) is 0 Å². The van der Waals surface area contributed by atoms with Crippen LogP contribution >= 0.6 is 11.6 Å². The molecule has 0 aliphatic heterocycles. The van der Waals surface area contributed by atoms with Crippen molar-refractivity contribution in [2.24, 2.45) is 0 Å². The lowest BCUT2D eigenvalue weighted by atomic mass is 10.3. The topological polar surface area (TPSA) is 37.8 Å². The Bertz CT molecular complexity index is 352. The first kappa shape index (κ1) is 9.82. The van der Waals surface area contributed by atoms with Crippen LogP contribution in [0.25, 0.3) is 0 Å². The van der Waals surface area contributed by atoms with E-state index in [4.69, 9.17) is 11.6 Å². The highest BCUT2D eigenvalue weighted by Crippen LogP contribution is 2.11. The molecule has 0 radical (unpaired) electrons. The molecule has 3 nitrogen and oxygen atoms in total. The zero-order valence-electron chi connectivity index (χ0n) is 7.56. The molecule has 68 valence electrons. The van der Waals surface area contributed by atoms with Gasteiger partial charge in [-0.05, 0) is 25.4 Å². The third kappa shape index (κ3) is 2.92. The van der Waals surface area contributed by atoms with E-state index in [2.05, 4.69) is 27.1 Å². The molecule has 0 unspecified atom stereocenters. The maximum absolute atomic E-state index is 5.63. The molecule has 0 aliphatic rings. The third-order valence-electron chi connectivity index (χ3n) is 1.46. The number of rotatable bonds is 2. The van der Waals surface area contributed by atoms with Gasteiger partial charge in [-0.1, -0.05) is 5.92 Å². The van der Waals surface area contributed by atoms with E-state index in [1.165, 1.54) is 0 Å². The molecule has 0 bridgehead atoms. The molecule has 0 spiro atoms. The number of anilines is 1. The summed E-state index contributed by atoms with van der Waals surface area (Å²) >= 11 is 5.63. The van der Waals surface area contributed by atoms with E-state index >= 15 is 0 Å². The normalized spacial score (nSPS) is 8.85. The molecule has 4 heteroatoms. The highest BCUT2D eigenvalue weighted by Gasteiger charge is 1.99. The maximum atomic E-state index is 5.63. The molecule has 1 aromatic heterocycles. The Morgan fingerprint density at radius 1 is 1.62 bits per heavy atom. The highest BCUT2D eigenvalue weighted by atomic mass is 35.5. The van der Waals surface area contributed by atoms with Crippen molar-refractivity contribution < 1.29 is 0 Å². The van der Waals surface area contributed by atoms with Crippen LogP contribution in [-0.2, 0) is 0 Å². The summed E-state index contributed by atoms with van der Waals surface area (Å²) in [5, 5.41) is 3.29. The predicted molar refractivity (Wildman–Crippen MR) is 53.7 cm³/mol. The standard InChI is InChI=1S/C9H10ClN3/c1-3-4-5-11-8-7(2)6-12-9(10)13-8/h6H,5H2,1-2H3,(H,11,12,13). The first-order valence-electron chi connectivity index (χ1n) is 3.86. The molecule has 0 amide bonds. The average Bonchev–Trinajstić information content (AvgIpc) is 2.11. The lowest BCUT2D eigenvalue weighted by Crippen LogP contribution is -2.03. The number of nitrogens with one attached hydrogen (secondary N) is 1. The van der Waals surface area contributed by atoms with Gasteiger partial charge in [0.2, 0.25) is 5.28 Å². The van der Waals surface area contributed by atoms with Gasteiger partial charge in [0.05, 0.1) is 6.54 Å². The highest BCUT2D eigenvalue weighted by molar-refractivity contribution is 6.28. The van der Waals surface area contributed by atoms with Crippen molar-refractivity contribution in [2.45, 2.75) is 13.8 Å². The quantitative estimate of drug-likeness (QED) is 0.579. The zero-order valence-corrected chi connectivity index (χ0v) is 8.31. The SMILES string of the molecule is CC#CCNc1nc(Cl)ncc1C. The molecule has 0 fully saturated rings. The van der Waals surface area contributed by atoms with Crippen molar-refractivity contribution in [3.63, 3.8) is 0 Å². The smallest absolute Gasteiger partial charge is 0.224 e. The van der Waals surface area contributed by atoms with Gasteiger partial charge in [0.25, 0.3) is 0 Å². The average molecular weight is 196 g/mol. The Balaban J connectivity index is 2.73. The van der Waals surface area contributed by atoms with E-state index < -0.39 is 0 Å². The van der Waals surface area contributed by atoms with Gasteiger partial charge in [0, 0.05) is 11.8 Å². The number of aryl methyl sites for hydroxylation is 1. The van der Waals surface area contributed by atoms with Gasteiger partial charge in [-0.3, -0.25) is 0 Å². The summed E-state index contributed by atoms with van der Waals surface area (Å²) in [6, 6.07) is 0. The molecular weight excluding hydrogens is 186 g/mol. The number of nitrogens with zero attached hydrogens (tertiary/aromatic N) is 2. The Morgan fingerprint density at radius 3 is 3.08 bits per heavy atom. The van der Waals surface area contributed by atoms with Crippen LogP contribution in [0.15, 0.2) is 6.20 Å². The van der Waals surface area contributed by atoms with Crippen LogP contribution in [0.1, 0.15) is 12.5 Å². The molecule has 0 aromatic carbocycles. The molecule has 1 N–H and O–H groups in total. The third-order valence-corrected chi connectivity index (χ3v) is 1.65. The predicted octanol–water partition coefficient (Wildman–Crippen LogP) is 1.87. The molecule has 1 rings (SSSR count). The molecule has 0 saturated heterocycles. The van der Waals surface area contributed by atoms with Crippen molar-refractivity contribution in [1.29, 1.82) is 0 Å². The number of halogens is 1. The summed E-state index contributed by atoms with van der Waals surface area (Å²) in [6.45, 7) is 4.28. The van der Waals surface area contributed by atoms with E-state index in [-0.39, 0.29) is 5.28 Å². The van der Waals surface area contributed by atoms with Crippen LogP contribution in [-0.4, -0.2) is 16.5 Å². The van der Waals surface area contributed by atoms with Crippen LogP contribution in [0.2, 0.25) is 5.28 Å². The Morgan fingerprint density at radius 2 is 2.38 bits per heavy atom. The van der Waals surface area contributed by atoms with E-state index in [0.717, 1.165) is 11.4 Å². The molecule has 1 aromatic rings. The van der Waals surface area contributed by atoms with E-state index in [1.54, 1.807) is 13.1 Å². The van der Waals surface area contributed by atoms with Gasteiger partial charge in [-0.25, -0.2) is 9.97 Å². The fourth-order valence-corrected chi connectivity index (χ4v) is 0.949. The lowest BCUT2D eigenvalue weighted by Gasteiger charge is -2.04. The van der Waals surface area contributed by atoms with Crippen molar-refractivity contribution >= 4 is 17.4 Å². The minimum Gasteiger partial charge on any atom is -0.359 e. The van der Waals surface area contributed by atoms with Crippen LogP contribution in [0, 0.1) is 18.8 Å². The summed E-state index contributed by atoms with van der Waals surface area (Å²) in [7, 11) is 0. The minimum absolute atomic E-state index is 0.248. The van der Waals surface area contributed by atoms with Crippen LogP contribution in [0.5, 0.6) is 0 Å². The van der Waals surface area contributed by atoms with Gasteiger partial charge in [0.1, 0.15) is 5.82 Å². The Kier molecular flexibility index (Phi) is 3.53. The summed E-state index contributed by atoms with van der Waals surface area (Å²) in [6.07, 6.45) is 1.68. The zero-order chi connectivity index (χ0) is 9.68. The summed E-state index contributed by atoms with van der Waals surface area (Å²) in [4.78, 5) is 7.87. The van der Waals surface area contributed by atoms with E-state index in [0.29, 0.717) is 6.54 Å². The van der Waals surface area contributed by atoms with Gasteiger partial charge in [-0.15, -0.1) is 5.92 Å². The van der Waals surface area contributed by atoms with Crippen molar-refractivity contribution in [2.75, 3.05) is 11.9 Å². The molecule has 0 saturated carbocycles. The fraction of sp³-hybridized carbons (Fsp3) is 0.333. The van der Waals surface area contributed by atoms with E-state index in [1.807, 2.05) is 6.92 Å². The molecule has 0 aliphatic carbocycles. The molecule has 13 heavy (non-hydrogen) atoms. The minimum atomic E-state index is 0.248. The second-order valence-corrected chi connectivity index (χ2v) is 2.79. The first-order chi connectivity index (χ1) is 6.24. The van der Waals surface area contributed by atoms with Crippen molar-refractivity contribution in [3.8, 4) is 11.8 Å². The van der Waals surface area contributed by atoms with Gasteiger partial charge >= 0.3 is 0 Å². The number of hydrogen-bond acceptors (Lipinski definition) is 3. The van der Waals surface area contributed by atoms with Crippen molar-refractivity contribution in [3.05, 3.63) is 17.0 Å². The summed E-state index contributed by atoms with van der Waals surface area (Å²) < 4.78 is 0. The monoisotopic (exact) mass is 195 g/mol. The summed E-state index contributed by atoms with van der Waals surface area (Å²) in [5.74, 6) is 6.40. The molecular formula is C9H10ClN3.